The minimum atomic E-state index is -0.400. The van der Waals surface area contributed by atoms with E-state index in [0.29, 0.717) is 17.8 Å². The highest BCUT2D eigenvalue weighted by molar-refractivity contribution is 7.21. The van der Waals surface area contributed by atoms with Crippen LogP contribution in [0.25, 0.3) is 10.1 Å². The number of amides is 1. The summed E-state index contributed by atoms with van der Waals surface area (Å²) < 4.78 is 6.23. The fraction of sp³-hybridized carbons (Fsp3) is 0.214. The molecule has 3 aromatic carbocycles. The number of rotatable bonds is 8. The molecule has 5 heteroatoms. The zero-order valence-electron chi connectivity index (χ0n) is 18.9. The average Bonchev–Trinajstić information content (AvgIpc) is 3.19. The number of benzene rings is 3. The molecule has 0 saturated heterocycles. The lowest BCUT2D eigenvalue weighted by Gasteiger charge is -2.22. The van der Waals surface area contributed by atoms with Crippen molar-refractivity contribution in [3.63, 3.8) is 0 Å². The quantitative estimate of drug-likeness (QED) is 0.305. The molecule has 0 atom stereocenters. The van der Waals surface area contributed by atoms with Gasteiger partial charge >= 0.3 is 5.97 Å². The molecule has 0 N–H and O–H groups in total. The third-order valence-electron chi connectivity index (χ3n) is 5.52. The van der Waals surface area contributed by atoms with Gasteiger partial charge in [0.05, 0.1) is 11.5 Å². The first-order valence-corrected chi connectivity index (χ1v) is 11.9. The van der Waals surface area contributed by atoms with Gasteiger partial charge in [-0.2, -0.15) is 0 Å². The number of thiophene rings is 1. The Labute approximate surface area is 198 Å². The maximum absolute atomic E-state index is 13.9. The number of nitrogens with zero attached hydrogens (tertiary/aromatic N) is 1. The minimum absolute atomic E-state index is 0.0835. The largest absolute Gasteiger partial charge is 0.465 e. The average molecular weight is 458 g/mol. The van der Waals surface area contributed by atoms with Gasteiger partial charge in [-0.05, 0) is 48.4 Å². The smallest absolute Gasteiger partial charge is 0.325 e. The van der Waals surface area contributed by atoms with E-state index in [1.807, 2.05) is 48.5 Å². The van der Waals surface area contributed by atoms with Crippen molar-refractivity contribution in [1.29, 1.82) is 0 Å². The van der Waals surface area contributed by atoms with Gasteiger partial charge in [-0.25, -0.2) is 0 Å². The van der Waals surface area contributed by atoms with Crippen LogP contribution in [0.2, 0.25) is 0 Å². The zero-order valence-corrected chi connectivity index (χ0v) is 19.7. The molecular weight excluding hydrogens is 430 g/mol. The maximum Gasteiger partial charge on any atom is 0.325 e. The summed E-state index contributed by atoms with van der Waals surface area (Å²) in [6.45, 7) is 4.38. The second kappa shape index (κ2) is 10.5. The molecule has 33 heavy (non-hydrogen) atoms. The third kappa shape index (κ3) is 5.49. The molecule has 1 aromatic heterocycles. The fourth-order valence-electron chi connectivity index (χ4n) is 3.87. The van der Waals surface area contributed by atoms with E-state index in [2.05, 4.69) is 37.3 Å². The third-order valence-corrected chi connectivity index (χ3v) is 6.72. The van der Waals surface area contributed by atoms with Crippen LogP contribution in [0, 0.1) is 6.92 Å². The summed E-state index contributed by atoms with van der Waals surface area (Å²) in [6.07, 6.45) is 0.657. The van der Waals surface area contributed by atoms with Crippen LogP contribution in [-0.2, 0) is 22.5 Å². The molecule has 0 spiro atoms. The molecule has 0 aliphatic heterocycles. The van der Waals surface area contributed by atoms with E-state index in [1.165, 1.54) is 16.9 Å². The van der Waals surface area contributed by atoms with Crippen LogP contribution in [-0.4, -0.2) is 29.9 Å². The molecule has 0 fully saturated rings. The van der Waals surface area contributed by atoms with Gasteiger partial charge in [-0.1, -0.05) is 78.4 Å². The molecule has 1 heterocycles. The van der Waals surface area contributed by atoms with Crippen LogP contribution in [0.5, 0.6) is 0 Å². The second-order valence-electron chi connectivity index (χ2n) is 8.02. The Hall–Kier alpha value is -3.44. The lowest BCUT2D eigenvalue weighted by Crippen LogP contribution is -2.36. The summed E-state index contributed by atoms with van der Waals surface area (Å²) >= 11 is 1.49. The molecule has 4 rings (SSSR count). The zero-order chi connectivity index (χ0) is 23.2. The van der Waals surface area contributed by atoms with E-state index in [0.717, 1.165) is 26.8 Å². The number of esters is 1. The highest BCUT2D eigenvalue weighted by Gasteiger charge is 2.25. The lowest BCUT2D eigenvalue weighted by atomic mass is 10.0. The highest BCUT2D eigenvalue weighted by atomic mass is 32.1. The fourth-order valence-corrected chi connectivity index (χ4v) is 5.06. The number of carbonyl (C=O) groups is 2. The molecule has 0 aliphatic rings. The summed E-state index contributed by atoms with van der Waals surface area (Å²) in [7, 11) is 0. The normalized spacial score (nSPS) is 10.8. The predicted molar refractivity (Wildman–Crippen MR) is 134 cm³/mol. The molecule has 4 nitrogen and oxygen atoms in total. The predicted octanol–water partition coefficient (Wildman–Crippen LogP) is 6.01. The molecule has 1 amide bonds. The molecule has 0 aliphatic carbocycles. The first-order chi connectivity index (χ1) is 16.0. The van der Waals surface area contributed by atoms with Gasteiger partial charge in [0.25, 0.3) is 5.91 Å². The lowest BCUT2D eigenvalue weighted by molar-refractivity contribution is -0.143. The highest BCUT2D eigenvalue weighted by Crippen LogP contribution is 2.34. The number of carbonyl (C=O) groups excluding carboxylic acids is 2. The van der Waals surface area contributed by atoms with Gasteiger partial charge in [0.15, 0.2) is 0 Å². The number of hydrogen-bond acceptors (Lipinski definition) is 4. The molecular formula is C28H27NO3S. The number of aryl methyl sites for hydroxylation is 1. The van der Waals surface area contributed by atoms with Crippen molar-refractivity contribution < 1.29 is 14.3 Å². The summed E-state index contributed by atoms with van der Waals surface area (Å²) in [4.78, 5) is 28.5. The number of fused-ring (bicyclic) bond motifs is 1. The number of ether oxygens (including phenoxy) is 1. The van der Waals surface area contributed by atoms with E-state index in [-0.39, 0.29) is 19.1 Å². The van der Waals surface area contributed by atoms with Gasteiger partial charge in [0, 0.05) is 11.2 Å². The Morgan fingerprint density at radius 3 is 2.30 bits per heavy atom. The van der Waals surface area contributed by atoms with Crippen molar-refractivity contribution in [2.24, 2.45) is 0 Å². The monoisotopic (exact) mass is 457 g/mol. The van der Waals surface area contributed by atoms with Crippen LogP contribution >= 0.6 is 11.3 Å². The summed E-state index contributed by atoms with van der Waals surface area (Å²) in [5, 5.41) is 1.09. The Kier molecular flexibility index (Phi) is 7.20. The molecule has 168 valence electrons. The van der Waals surface area contributed by atoms with Crippen molar-refractivity contribution >= 4 is 33.3 Å². The van der Waals surface area contributed by atoms with Crippen molar-refractivity contribution in [2.45, 2.75) is 26.8 Å². The van der Waals surface area contributed by atoms with Crippen LogP contribution < -0.4 is 0 Å². The van der Waals surface area contributed by atoms with Gasteiger partial charge in [-0.15, -0.1) is 11.3 Å². The van der Waals surface area contributed by atoms with E-state index in [4.69, 9.17) is 4.74 Å². The van der Waals surface area contributed by atoms with Crippen LogP contribution in [0.1, 0.15) is 38.8 Å². The SMILES string of the molecule is CCOC(=O)CN(Cc1ccccc1)C(=O)c1sc2ccccc2c1Cc1ccc(C)cc1. The molecule has 4 aromatic rings. The first kappa shape index (κ1) is 22.7. The Morgan fingerprint density at radius 1 is 0.879 bits per heavy atom. The maximum atomic E-state index is 13.9. The van der Waals surface area contributed by atoms with E-state index in [1.54, 1.807) is 11.8 Å². The van der Waals surface area contributed by atoms with Gasteiger partial charge < -0.3 is 9.64 Å². The summed E-state index contributed by atoms with van der Waals surface area (Å²) in [5.74, 6) is -0.543. The Morgan fingerprint density at radius 2 is 1.58 bits per heavy atom. The van der Waals surface area contributed by atoms with E-state index < -0.39 is 5.97 Å². The standard InChI is InChI=1S/C28H27NO3S/c1-3-32-26(30)19-29(18-22-9-5-4-6-10-22)28(31)27-24(17-21-15-13-20(2)14-16-21)23-11-7-8-12-25(23)33-27/h4-16H,3,17-19H2,1-2H3. The summed E-state index contributed by atoms with van der Waals surface area (Å²) in [5.41, 5.74) is 4.33. The second-order valence-corrected chi connectivity index (χ2v) is 9.07. The van der Waals surface area contributed by atoms with Crippen molar-refractivity contribution in [3.05, 3.63) is 106 Å². The van der Waals surface area contributed by atoms with Crippen LogP contribution in [0.3, 0.4) is 0 Å². The van der Waals surface area contributed by atoms with Gasteiger partial charge in [-0.3, -0.25) is 9.59 Å². The minimum Gasteiger partial charge on any atom is -0.465 e. The van der Waals surface area contributed by atoms with Crippen molar-refractivity contribution in [2.75, 3.05) is 13.2 Å². The van der Waals surface area contributed by atoms with Crippen molar-refractivity contribution in [3.8, 4) is 0 Å². The van der Waals surface area contributed by atoms with Gasteiger partial charge in [0.2, 0.25) is 0 Å². The van der Waals surface area contributed by atoms with Crippen LogP contribution in [0.15, 0.2) is 78.9 Å². The Bertz CT molecular complexity index is 1250. The van der Waals surface area contributed by atoms with Crippen molar-refractivity contribution in [1.82, 2.24) is 4.90 Å². The Balaban J connectivity index is 1.72. The summed E-state index contributed by atoms with van der Waals surface area (Å²) in [6, 6.07) is 26.2. The topological polar surface area (TPSA) is 46.6 Å². The molecule has 0 unspecified atom stereocenters. The van der Waals surface area contributed by atoms with E-state index in [9.17, 15) is 9.59 Å². The van der Waals surface area contributed by atoms with Gasteiger partial charge in [0.1, 0.15) is 6.54 Å². The molecule has 0 saturated carbocycles. The molecule has 0 radical (unpaired) electrons. The number of hydrogen-bond donors (Lipinski definition) is 0. The van der Waals surface area contributed by atoms with E-state index >= 15 is 0 Å². The molecule has 0 bridgehead atoms. The first-order valence-electron chi connectivity index (χ1n) is 11.1. The van der Waals surface area contributed by atoms with Crippen LogP contribution in [0.4, 0.5) is 0 Å².